The lowest BCUT2D eigenvalue weighted by Gasteiger charge is -2.27. The molecule has 0 radical (unpaired) electrons. The molecule has 0 fully saturated rings. The minimum Gasteiger partial charge on any atom is -0.456 e. The molecule has 0 spiro atoms. The molecule has 1 atom stereocenters. The lowest BCUT2D eigenvalue weighted by atomic mass is 9.78. The Kier molecular flexibility index (Phi) is 7.64. The van der Waals surface area contributed by atoms with Crippen LogP contribution in [0, 0.1) is 11.3 Å². The van der Waals surface area contributed by atoms with Crippen LogP contribution in [-0.4, -0.2) is 36.9 Å². The molecular weight excluding hydrogens is 260 g/mol. The van der Waals surface area contributed by atoms with Gasteiger partial charge in [0.25, 0.3) is 0 Å². The third-order valence-corrected chi connectivity index (χ3v) is 3.52. The van der Waals surface area contributed by atoms with Gasteiger partial charge < -0.3 is 14.3 Å². The van der Waals surface area contributed by atoms with Gasteiger partial charge in [0.05, 0.1) is 6.10 Å². The maximum atomic E-state index is 12.0. The van der Waals surface area contributed by atoms with E-state index in [-0.39, 0.29) is 30.8 Å². The lowest BCUT2D eigenvalue weighted by molar-refractivity contribution is -0.164. The minimum atomic E-state index is -0.942. The van der Waals surface area contributed by atoms with E-state index < -0.39 is 17.5 Å². The normalized spacial score (nSPS) is 13.4. The molecule has 0 saturated carbocycles. The highest BCUT2D eigenvalue weighted by Crippen LogP contribution is 2.27. The molecule has 5 nitrogen and oxygen atoms in total. The number of aldehydes is 1. The second-order valence-corrected chi connectivity index (χ2v) is 5.98. The summed E-state index contributed by atoms with van der Waals surface area (Å²) in [6, 6.07) is 0. The van der Waals surface area contributed by atoms with E-state index >= 15 is 0 Å². The molecule has 0 bridgehead atoms. The second-order valence-electron chi connectivity index (χ2n) is 5.98. The maximum absolute atomic E-state index is 12.0. The van der Waals surface area contributed by atoms with Crippen LogP contribution in [0.3, 0.4) is 0 Å². The second kappa shape index (κ2) is 8.15. The van der Waals surface area contributed by atoms with E-state index in [1.165, 1.54) is 0 Å². The first-order valence-electron chi connectivity index (χ1n) is 6.91. The predicted octanol–water partition coefficient (Wildman–Crippen LogP) is 2.16. The number of carbonyl (C=O) groups excluding carboxylic acids is 3. The summed E-state index contributed by atoms with van der Waals surface area (Å²) in [6.45, 7) is 10.8. The van der Waals surface area contributed by atoms with Gasteiger partial charge in [-0.05, 0) is 19.8 Å². The Bertz CT molecular complexity index is 344. The zero-order valence-corrected chi connectivity index (χ0v) is 13.3. The summed E-state index contributed by atoms with van der Waals surface area (Å²) in [4.78, 5) is 34.4. The van der Waals surface area contributed by atoms with Gasteiger partial charge in [0.2, 0.25) is 0 Å². The molecule has 0 aromatic heterocycles. The highest BCUT2D eigenvalue weighted by Gasteiger charge is 2.32. The highest BCUT2D eigenvalue weighted by atomic mass is 16.6. The van der Waals surface area contributed by atoms with E-state index in [9.17, 15) is 14.4 Å². The van der Waals surface area contributed by atoms with Gasteiger partial charge in [0.1, 0.15) is 6.29 Å². The van der Waals surface area contributed by atoms with Crippen molar-refractivity contribution in [1.82, 2.24) is 0 Å². The summed E-state index contributed by atoms with van der Waals surface area (Å²) in [5.74, 6) is -0.666. The van der Waals surface area contributed by atoms with E-state index in [4.69, 9.17) is 9.47 Å². The van der Waals surface area contributed by atoms with Gasteiger partial charge in [-0.1, -0.05) is 27.7 Å². The molecule has 1 unspecified atom stereocenters. The van der Waals surface area contributed by atoms with Gasteiger partial charge in [0.15, 0.2) is 18.5 Å². The molecule has 0 aromatic rings. The van der Waals surface area contributed by atoms with Crippen molar-refractivity contribution in [1.29, 1.82) is 0 Å². The van der Waals surface area contributed by atoms with Crippen LogP contribution in [0.1, 0.15) is 48.0 Å². The summed E-state index contributed by atoms with van der Waals surface area (Å²) >= 11 is 0. The topological polar surface area (TPSA) is 69.7 Å². The molecule has 0 aliphatic carbocycles. The average Bonchev–Trinajstić information content (AvgIpc) is 2.34. The van der Waals surface area contributed by atoms with E-state index in [1.807, 2.05) is 27.7 Å². The molecule has 0 aliphatic rings. The average molecular weight is 286 g/mol. The quantitative estimate of drug-likeness (QED) is 0.480. The van der Waals surface area contributed by atoms with Crippen molar-refractivity contribution >= 4 is 18.0 Å². The van der Waals surface area contributed by atoms with Gasteiger partial charge in [-0.3, -0.25) is 4.79 Å². The fourth-order valence-electron chi connectivity index (χ4n) is 1.36. The molecule has 0 aromatic carbocycles. The van der Waals surface area contributed by atoms with Crippen LogP contribution in [0.5, 0.6) is 0 Å². The van der Waals surface area contributed by atoms with Crippen LogP contribution >= 0.6 is 0 Å². The molecule has 20 heavy (non-hydrogen) atoms. The molecule has 116 valence electrons. The molecule has 0 rings (SSSR count). The van der Waals surface area contributed by atoms with Crippen molar-refractivity contribution in [3.8, 4) is 0 Å². The standard InChI is InChI=1S/C15H26O5/c1-10(2)15(5,6)13(17)9-19-14(18)12(7-8-16)20-11(3)4/h8,10-12H,7,9H2,1-6H3. The molecule has 5 heteroatoms. The number of hydrogen-bond acceptors (Lipinski definition) is 5. The SMILES string of the molecule is CC(C)OC(CC=O)C(=O)OCC(=O)C(C)(C)C(C)C. The van der Waals surface area contributed by atoms with Gasteiger partial charge >= 0.3 is 5.97 Å². The summed E-state index contributed by atoms with van der Waals surface area (Å²) in [7, 11) is 0. The van der Waals surface area contributed by atoms with Gasteiger partial charge in [-0.25, -0.2) is 4.79 Å². The van der Waals surface area contributed by atoms with Crippen LogP contribution in [0.25, 0.3) is 0 Å². The Balaban J connectivity index is 4.52. The van der Waals surface area contributed by atoms with Crippen molar-refractivity contribution in [2.75, 3.05) is 6.61 Å². The van der Waals surface area contributed by atoms with Crippen LogP contribution in [0.4, 0.5) is 0 Å². The van der Waals surface area contributed by atoms with Crippen molar-refractivity contribution in [2.24, 2.45) is 11.3 Å². The number of ketones is 1. The smallest absolute Gasteiger partial charge is 0.336 e. The first-order chi connectivity index (χ1) is 9.12. The summed E-state index contributed by atoms with van der Waals surface area (Å²) in [6.07, 6.45) is -0.606. The lowest BCUT2D eigenvalue weighted by Crippen LogP contribution is -2.36. The molecule has 0 saturated heterocycles. The first-order valence-corrected chi connectivity index (χ1v) is 6.91. The van der Waals surface area contributed by atoms with Crippen LogP contribution in [0.2, 0.25) is 0 Å². The molecular formula is C15H26O5. The van der Waals surface area contributed by atoms with Gasteiger partial charge in [-0.2, -0.15) is 0 Å². The maximum Gasteiger partial charge on any atom is 0.336 e. The Hall–Kier alpha value is -1.23. The number of carbonyl (C=O) groups is 3. The first kappa shape index (κ1) is 18.8. The number of esters is 1. The molecule has 0 amide bonds. The fraction of sp³-hybridized carbons (Fsp3) is 0.800. The fourth-order valence-corrected chi connectivity index (χ4v) is 1.36. The van der Waals surface area contributed by atoms with Crippen LogP contribution < -0.4 is 0 Å². The summed E-state index contributed by atoms with van der Waals surface area (Å²) in [5.41, 5.74) is -0.556. The molecule has 0 heterocycles. The van der Waals surface area contributed by atoms with Crippen LogP contribution in [-0.2, 0) is 23.9 Å². The minimum absolute atomic E-state index is 0.0707. The number of hydrogen-bond donors (Lipinski definition) is 0. The highest BCUT2D eigenvalue weighted by molar-refractivity contribution is 5.88. The van der Waals surface area contributed by atoms with Crippen molar-refractivity contribution in [3.63, 3.8) is 0 Å². The Labute approximate surface area is 121 Å². The van der Waals surface area contributed by atoms with Gasteiger partial charge in [-0.15, -0.1) is 0 Å². The number of Topliss-reactive ketones (excluding diaryl/α,β-unsaturated/α-hetero) is 1. The van der Waals surface area contributed by atoms with Crippen molar-refractivity contribution < 1.29 is 23.9 Å². The third kappa shape index (κ3) is 5.82. The van der Waals surface area contributed by atoms with Crippen molar-refractivity contribution in [3.05, 3.63) is 0 Å². The monoisotopic (exact) mass is 286 g/mol. The summed E-state index contributed by atoms with van der Waals surface area (Å²) in [5, 5.41) is 0. The summed E-state index contributed by atoms with van der Waals surface area (Å²) < 4.78 is 10.3. The molecule has 0 N–H and O–H groups in total. The zero-order chi connectivity index (χ0) is 15.9. The van der Waals surface area contributed by atoms with E-state index in [2.05, 4.69) is 0 Å². The largest absolute Gasteiger partial charge is 0.456 e. The Morgan fingerprint density at radius 1 is 1.15 bits per heavy atom. The van der Waals surface area contributed by atoms with Crippen molar-refractivity contribution in [2.45, 2.75) is 60.2 Å². The van der Waals surface area contributed by atoms with E-state index in [1.54, 1.807) is 13.8 Å². The zero-order valence-electron chi connectivity index (χ0n) is 13.3. The number of rotatable bonds is 9. The molecule has 0 aliphatic heterocycles. The predicted molar refractivity (Wildman–Crippen MR) is 75.3 cm³/mol. The van der Waals surface area contributed by atoms with E-state index in [0.717, 1.165) is 0 Å². The Morgan fingerprint density at radius 2 is 1.70 bits per heavy atom. The van der Waals surface area contributed by atoms with E-state index in [0.29, 0.717) is 6.29 Å². The number of ether oxygens (including phenoxy) is 2. The third-order valence-electron chi connectivity index (χ3n) is 3.52. The Morgan fingerprint density at radius 3 is 2.10 bits per heavy atom. The van der Waals surface area contributed by atoms with Gasteiger partial charge in [0, 0.05) is 11.8 Å². The van der Waals surface area contributed by atoms with Crippen LogP contribution in [0.15, 0.2) is 0 Å².